The number of para-hydroxylation sites is 1. The first-order valence-corrected chi connectivity index (χ1v) is 9.44. The summed E-state index contributed by atoms with van der Waals surface area (Å²) in [6.07, 6.45) is 3.29. The van der Waals surface area contributed by atoms with Gasteiger partial charge in [0.05, 0.1) is 17.3 Å². The van der Waals surface area contributed by atoms with Crippen molar-refractivity contribution in [1.82, 2.24) is 20.4 Å². The molecule has 1 aliphatic rings. The molecule has 1 amide bonds. The highest BCUT2D eigenvalue weighted by atomic mass is 19.4. The Morgan fingerprint density at radius 2 is 1.96 bits per heavy atom. The number of rotatable bonds is 7. The van der Waals surface area contributed by atoms with E-state index in [9.17, 15) is 18.0 Å². The van der Waals surface area contributed by atoms with Crippen LogP contribution in [-0.2, 0) is 17.5 Å². The zero-order chi connectivity index (χ0) is 19.3. The van der Waals surface area contributed by atoms with Gasteiger partial charge in [-0.25, -0.2) is 0 Å². The molecule has 1 heterocycles. The highest BCUT2D eigenvalue weighted by molar-refractivity contribution is 5.84. The Balaban J connectivity index is 1.49. The number of carbonyl (C=O) groups excluding carboxylic acids is 1. The first-order chi connectivity index (χ1) is 12.9. The molecule has 8 heteroatoms. The normalized spacial score (nSPS) is 16.0. The molecule has 0 unspecified atom stereocenters. The molecule has 1 saturated carbocycles. The highest BCUT2D eigenvalue weighted by Gasteiger charge is 2.34. The summed E-state index contributed by atoms with van der Waals surface area (Å²) in [5.74, 6) is 0.363. The second-order valence-corrected chi connectivity index (χ2v) is 7.10. The fraction of sp³-hybridized carbons (Fsp3) is 0.579. The third-order valence-corrected chi connectivity index (χ3v) is 5.04. The number of nitrogens with zero attached hydrogens (tertiary/aromatic N) is 2. The van der Waals surface area contributed by atoms with Crippen LogP contribution in [0.5, 0.6) is 0 Å². The van der Waals surface area contributed by atoms with Gasteiger partial charge in [0.25, 0.3) is 0 Å². The Bertz CT molecular complexity index is 766. The van der Waals surface area contributed by atoms with E-state index in [4.69, 9.17) is 0 Å². The fourth-order valence-corrected chi connectivity index (χ4v) is 3.67. The van der Waals surface area contributed by atoms with E-state index in [0.717, 1.165) is 17.3 Å². The van der Waals surface area contributed by atoms with Gasteiger partial charge in [-0.3, -0.25) is 9.48 Å². The average Bonchev–Trinajstić information content (AvgIpc) is 3.04. The van der Waals surface area contributed by atoms with Crippen LogP contribution in [0.3, 0.4) is 0 Å². The SMILES string of the molecule is O=C(Cn1ncc2cccc(C(F)(F)F)c21)NCCNCC1CCCCC1. The van der Waals surface area contributed by atoms with Crippen molar-refractivity contribution in [3.8, 4) is 0 Å². The molecule has 0 aliphatic heterocycles. The Morgan fingerprint density at radius 3 is 2.70 bits per heavy atom. The van der Waals surface area contributed by atoms with Gasteiger partial charge in [0.15, 0.2) is 0 Å². The molecule has 2 aromatic rings. The molecule has 1 fully saturated rings. The van der Waals surface area contributed by atoms with Crippen LogP contribution < -0.4 is 10.6 Å². The molecular weight excluding hydrogens is 357 g/mol. The lowest BCUT2D eigenvalue weighted by Crippen LogP contribution is -2.36. The minimum absolute atomic E-state index is 0.0597. The van der Waals surface area contributed by atoms with Crippen molar-refractivity contribution in [2.75, 3.05) is 19.6 Å². The number of alkyl halides is 3. The fourth-order valence-electron chi connectivity index (χ4n) is 3.67. The summed E-state index contributed by atoms with van der Waals surface area (Å²) in [6.45, 7) is 1.81. The number of carbonyl (C=O) groups is 1. The molecule has 3 rings (SSSR count). The van der Waals surface area contributed by atoms with Gasteiger partial charge in [-0.2, -0.15) is 18.3 Å². The molecule has 0 radical (unpaired) electrons. The molecule has 0 atom stereocenters. The number of fused-ring (bicyclic) bond motifs is 1. The van der Waals surface area contributed by atoms with Crippen molar-refractivity contribution in [3.05, 3.63) is 30.0 Å². The maximum Gasteiger partial charge on any atom is 0.418 e. The van der Waals surface area contributed by atoms with E-state index >= 15 is 0 Å². The van der Waals surface area contributed by atoms with Crippen LogP contribution in [0.15, 0.2) is 24.4 Å². The summed E-state index contributed by atoms with van der Waals surface area (Å²) in [7, 11) is 0. The topological polar surface area (TPSA) is 59.0 Å². The minimum Gasteiger partial charge on any atom is -0.353 e. The van der Waals surface area contributed by atoms with Gasteiger partial charge in [-0.15, -0.1) is 0 Å². The summed E-state index contributed by atoms with van der Waals surface area (Å²) >= 11 is 0. The molecule has 5 nitrogen and oxygen atoms in total. The molecule has 1 aromatic heterocycles. The number of halogens is 3. The second kappa shape index (κ2) is 8.73. The Labute approximate surface area is 156 Å². The van der Waals surface area contributed by atoms with E-state index in [2.05, 4.69) is 15.7 Å². The van der Waals surface area contributed by atoms with Crippen molar-refractivity contribution < 1.29 is 18.0 Å². The van der Waals surface area contributed by atoms with Crippen LogP contribution in [-0.4, -0.2) is 35.3 Å². The minimum atomic E-state index is -4.49. The zero-order valence-electron chi connectivity index (χ0n) is 15.2. The van der Waals surface area contributed by atoms with E-state index in [1.807, 2.05) is 0 Å². The third kappa shape index (κ3) is 5.22. The van der Waals surface area contributed by atoms with Gasteiger partial charge >= 0.3 is 6.18 Å². The second-order valence-electron chi connectivity index (χ2n) is 7.10. The number of benzene rings is 1. The summed E-state index contributed by atoms with van der Waals surface area (Å²) in [5, 5.41) is 10.4. The quantitative estimate of drug-likeness (QED) is 0.722. The van der Waals surface area contributed by atoms with Crippen LogP contribution >= 0.6 is 0 Å². The summed E-state index contributed by atoms with van der Waals surface area (Å²) < 4.78 is 40.7. The summed E-state index contributed by atoms with van der Waals surface area (Å²) in [4.78, 5) is 12.1. The van der Waals surface area contributed by atoms with Crippen molar-refractivity contribution in [3.63, 3.8) is 0 Å². The van der Waals surface area contributed by atoms with Gasteiger partial charge in [-0.05, 0) is 31.4 Å². The Kier molecular flexibility index (Phi) is 6.36. The number of aromatic nitrogens is 2. The third-order valence-electron chi connectivity index (χ3n) is 5.04. The van der Waals surface area contributed by atoms with E-state index in [0.29, 0.717) is 24.4 Å². The standard InChI is InChI=1S/C19H25F3N4O/c20-19(21,22)16-8-4-7-15-12-25-26(18(15)16)13-17(27)24-10-9-23-11-14-5-2-1-3-6-14/h4,7-8,12,14,23H,1-3,5-6,9-11,13H2,(H,24,27). The van der Waals surface area contributed by atoms with Gasteiger partial charge in [0, 0.05) is 18.5 Å². The van der Waals surface area contributed by atoms with Gasteiger partial charge in [0.1, 0.15) is 6.54 Å². The smallest absolute Gasteiger partial charge is 0.353 e. The summed E-state index contributed by atoms with van der Waals surface area (Å²) in [6, 6.07) is 3.91. The van der Waals surface area contributed by atoms with Crippen molar-refractivity contribution in [2.24, 2.45) is 5.92 Å². The van der Waals surface area contributed by atoms with E-state index in [1.165, 1.54) is 44.4 Å². The molecule has 0 bridgehead atoms. The molecule has 1 aromatic carbocycles. The van der Waals surface area contributed by atoms with Crippen LogP contribution in [0, 0.1) is 5.92 Å². The van der Waals surface area contributed by atoms with Crippen LogP contribution in [0.25, 0.3) is 10.9 Å². The lowest BCUT2D eigenvalue weighted by molar-refractivity contribution is -0.136. The Hall–Kier alpha value is -2.09. The number of amides is 1. The van der Waals surface area contributed by atoms with Crippen molar-refractivity contribution in [1.29, 1.82) is 0 Å². The first-order valence-electron chi connectivity index (χ1n) is 9.44. The number of nitrogens with one attached hydrogen (secondary N) is 2. The molecule has 27 heavy (non-hydrogen) atoms. The monoisotopic (exact) mass is 382 g/mol. The molecule has 1 aliphatic carbocycles. The van der Waals surface area contributed by atoms with E-state index < -0.39 is 11.7 Å². The maximum atomic E-state index is 13.2. The highest BCUT2D eigenvalue weighted by Crippen LogP contribution is 2.34. The Morgan fingerprint density at radius 1 is 1.19 bits per heavy atom. The number of hydrogen-bond acceptors (Lipinski definition) is 3. The van der Waals surface area contributed by atoms with Crippen LogP contribution in [0.4, 0.5) is 13.2 Å². The van der Waals surface area contributed by atoms with Crippen molar-refractivity contribution in [2.45, 2.75) is 44.8 Å². The lowest BCUT2D eigenvalue weighted by atomic mass is 9.89. The predicted octanol–water partition coefficient (Wildman–Crippen LogP) is 3.34. The van der Waals surface area contributed by atoms with Crippen LogP contribution in [0.1, 0.15) is 37.7 Å². The van der Waals surface area contributed by atoms with Gasteiger partial charge in [-0.1, -0.05) is 31.4 Å². The van der Waals surface area contributed by atoms with Crippen LogP contribution in [0.2, 0.25) is 0 Å². The lowest BCUT2D eigenvalue weighted by Gasteiger charge is -2.21. The van der Waals surface area contributed by atoms with Gasteiger partial charge < -0.3 is 10.6 Å². The van der Waals surface area contributed by atoms with E-state index in [-0.39, 0.29) is 18.0 Å². The van der Waals surface area contributed by atoms with Crippen molar-refractivity contribution >= 4 is 16.8 Å². The molecule has 0 spiro atoms. The predicted molar refractivity (Wildman–Crippen MR) is 97.2 cm³/mol. The molecule has 148 valence electrons. The molecular formula is C19H25F3N4O. The molecule has 2 N–H and O–H groups in total. The molecule has 0 saturated heterocycles. The first kappa shape index (κ1) is 19.7. The number of hydrogen-bond donors (Lipinski definition) is 2. The summed E-state index contributed by atoms with van der Waals surface area (Å²) in [5.41, 5.74) is -0.838. The van der Waals surface area contributed by atoms with Gasteiger partial charge in [0.2, 0.25) is 5.91 Å². The maximum absolute atomic E-state index is 13.2. The van der Waals surface area contributed by atoms with E-state index in [1.54, 1.807) is 6.07 Å². The average molecular weight is 382 g/mol. The largest absolute Gasteiger partial charge is 0.418 e. The zero-order valence-corrected chi connectivity index (χ0v) is 15.2.